The third-order valence-corrected chi connectivity index (χ3v) is 5.49. The third kappa shape index (κ3) is 2.61. The van der Waals surface area contributed by atoms with Crippen LogP contribution in [0, 0.1) is 5.92 Å². The van der Waals surface area contributed by atoms with Crippen LogP contribution in [0.3, 0.4) is 0 Å². The maximum atomic E-state index is 12.4. The van der Waals surface area contributed by atoms with Crippen LogP contribution in [-0.2, 0) is 16.4 Å². The molecule has 2 aromatic heterocycles. The van der Waals surface area contributed by atoms with Crippen molar-refractivity contribution in [2.75, 3.05) is 13.1 Å². The highest BCUT2D eigenvalue weighted by Gasteiger charge is 2.30. The summed E-state index contributed by atoms with van der Waals surface area (Å²) in [6.45, 7) is 1.12. The van der Waals surface area contributed by atoms with Crippen LogP contribution in [0.1, 0.15) is 18.5 Å². The Bertz CT molecular complexity index is 635. The zero-order valence-electron chi connectivity index (χ0n) is 11.0. The fourth-order valence-electron chi connectivity index (χ4n) is 2.65. The van der Waals surface area contributed by atoms with Gasteiger partial charge in [0.2, 0.25) is 10.0 Å². The zero-order chi connectivity index (χ0) is 14.0. The molecule has 108 valence electrons. The van der Waals surface area contributed by atoms with Crippen molar-refractivity contribution in [2.45, 2.75) is 24.2 Å². The monoisotopic (exact) mass is 295 g/mol. The molecule has 20 heavy (non-hydrogen) atoms. The number of hydrogen-bond donors (Lipinski definition) is 2. The lowest BCUT2D eigenvalue weighted by Crippen LogP contribution is -2.40. The number of aromatic amines is 2. The second-order valence-electron chi connectivity index (χ2n) is 5.09. The van der Waals surface area contributed by atoms with Crippen LogP contribution in [0.5, 0.6) is 0 Å². The maximum absolute atomic E-state index is 12.4. The fourth-order valence-corrected chi connectivity index (χ4v) is 4.11. The number of nitrogens with one attached hydrogen (secondary N) is 2. The molecule has 3 rings (SSSR count). The summed E-state index contributed by atoms with van der Waals surface area (Å²) in [6.07, 6.45) is 7.25. The molecule has 1 fully saturated rings. The Kier molecular flexibility index (Phi) is 3.58. The molecule has 0 radical (unpaired) electrons. The smallest absolute Gasteiger partial charge is 0.246 e. The Balaban J connectivity index is 1.72. The molecule has 0 spiro atoms. The molecule has 3 heterocycles. The third-order valence-electron chi connectivity index (χ3n) is 3.66. The van der Waals surface area contributed by atoms with E-state index in [0.29, 0.717) is 19.0 Å². The van der Waals surface area contributed by atoms with Crippen molar-refractivity contribution in [1.29, 1.82) is 0 Å². The van der Waals surface area contributed by atoms with Crippen molar-refractivity contribution in [3.63, 3.8) is 0 Å². The fraction of sp³-hybridized carbons (Fsp3) is 0.500. The minimum atomic E-state index is -3.42. The summed E-state index contributed by atoms with van der Waals surface area (Å²) >= 11 is 0. The van der Waals surface area contributed by atoms with E-state index in [4.69, 9.17) is 0 Å². The normalized spacial score (nSPS) is 21.1. The Labute approximate surface area is 117 Å². The summed E-state index contributed by atoms with van der Waals surface area (Å²) in [5, 5.41) is 13.1. The van der Waals surface area contributed by atoms with Crippen molar-refractivity contribution >= 4 is 10.0 Å². The van der Waals surface area contributed by atoms with E-state index in [1.807, 2.05) is 6.07 Å². The lowest BCUT2D eigenvalue weighted by molar-refractivity contribution is 0.264. The molecule has 2 N–H and O–H groups in total. The van der Waals surface area contributed by atoms with Crippen LogP contribution < -0.4 is 0 Å². The quantitative estimate of drug-likeness (QED) is 0.871. The van der Waals surface area contributed by atoms with E-state index >= 15 is 0 Å². The van der Waals surface area contributed by atoms with Gasteiger partial charge in [-0.25, -0.2) is 8.42 Å². The summed E-state index contributed by atoms with van der Waals surface area (Å²) in [5.74, 6) is 0.325. The second kappa shape index (κ2) is 5.37. The van der Waals surface area contributed by atoms with Crippen molar-refractivity contribution in [3.05, 3.63) is 30.4 Å². The van der Waals surface area contributed by atoms with Gasteiger partial charge in [0.25, 0.3) is 0 Å². The number of piperidine rings is 1. The van der Waals surface area contributed by atoms with Gasteiger partial charge in [0, 0.05) is 31.2 Å². The van der Waals surface area contributed by atoms with Gasteiger partial charge < -0.3 is 0 Å². The number of rotatable bonds is 4. The van der Waals surface area contributed by atoms with Crippen LogP contribution in [0.25, 0.3) is 0 Å². The number of aromatic nitrogens is 4. The molecule has 7 nitrogen and oxygen atoms in total. The number of hydrogen-bond acceptors (Lipinski definition) is 4. The second-order valence-corrected chi connectivity index (χ2v) is 7.03. The molecule has 8 heteroatoms. The summed E-state index contributed by atoms with van der Waals surface area (Å²) in [5.41, 5.74) is 1.05. The lowest BCUT2D eigenvalue weighted by atomic mass is 9.95. The van der Waals surface area contributed by atoms with Gasteiger partial charge in [0.05, 0.1) is 6.20 Å². The molecule has 0 aromatic carbocycles. The standard InChI is InChI=1S/C12H17N5O2S/c18-20(19,12-7-14-15-8-12)17-5-1-2-10(9-17)6-11-3-4-13-16-11/h3-4,7-8,10H,1-2,5-6,9H2,(H,13,16)(H,14,15). The molecule has 0 aliphatic carbocycles. The Morgan fingerprint density at radius 3 is 3.00 bits per heavy atom. The first kappa shape index (κ1) is 13.3. The van der Waals surface area contributed by atoms with Crippen LogP contribution in [0.4, 0.5) is 0 Å². The van der Waals surface area contributed by atoms with Gasteiger partial charge in [-0.15, -0.1) is 0 Å². The van der Waals surface area contributed by atoms with Crippen molar-refractivity contribution < 1.29 is 8.42 Å². The predicted molar refractivity (Wildman–Crippen MR) is 72.4 cm³/mol. The van der Waals surface area contributed by atoms with Crippen LogP contribution in [0.15, 0.2) is 29.6 Å². The van der Waals surface area contributed by atoms with Crippen LogP contribution in [-0.4, -0.2) is 46.2 Å². The number of sulfonamides is 1. The molecule has 1 unspecified atom stereocenters. The average molecular weight is 295 g/mol. The van der Waals surface area contributed by atoms with Crippen molar-refractivity contribution in [1.82, 2.24) is 24.7 Å². The van der Waals surface area contributed by atoms with Gasteiger partial charge in [-0.05, 0) is 31.2 Å². The lowest BCUT2D eigenvalue weighted by Gasteiger charge is -2.31. The molecular weight excluding hydrogens is 278 g/mol. The molecule has 1 saturated heterocycles. The maximum Gasteiger partial charge on any atom is 0.246 e. The van der Waals surface area contributed by atoms with E-state index in [1.54, 1.807) is 10.5 Å². The van der Waals surface area contributed by atoms with Gasteiger partial charge in [0.1, 0.15) is 4.90 Å². The first-order valence-electron chi connectivity index (χ1n) is 6.63. The largest absolute Gasteiger partial charge is 0.284 e. The number of nitrogens with zero attached hydrogens (tertiary/aromatic N) is 3. The summed E-state index contributed by atoms with van der Waals surface area (Å²) in [6, 6.07) is 1.93. The Hall–Kier alpha value is -1.67. The number of H-pyrrole nitrogens is 2. The molecule has 0 amide bonds. The van der Waals surface area contributed by atoms with E-state index < -0.39 is 10.0 Å². The Morgan fingerprint density at radius 1 is 1.40 bits per heavy atom. The van der Waals surface area contributed by atoms with Gasteiger partial charge >= 0.3 is 0 Å². The molecule has 0 bridgehead atoms. The van der Waals surface area contributed by atoms with Crippen molar-refractivity contribution in [2.24, 2.45) is 5.92 Å². The zero-order valence-corrected chi connectivity index (χ0v) is 11.8. The van der Waals surface area contributed by atoms with E-state index in [-0.39, 0.29) is 4.90 Å². The predicted octanol–water partition coefficient (Wildman–Crippen LogP) is 0.776. The highest BCUT2D eigenvalue weighted by molar-refractivity contribution is 7.89. The summed E-state index contributed by atoms with van der Waals surface area (Å²) in [4.78, 5) is 0.236. The molecule has 1 atom stereocenters. The summed E-state index contributed by atoms with van der Waals surface area (Å²) in [7, 11) is -3.42. The first-order valence-corrected chi connectivity index (χ1v) is 8.07. The molecule has 2 aromatic rings. The topological polar surface area (TPSA) is 94.7 Å². The van der Waals surface area contributed by atoms with Gasteiger partial charge in [0.15, 0.2) is 0 Å². The van der Waals surface area contributed by atoms with Crippen LogP contribution >= 0.6 is 0 Å². The van der Waals surface area contributed by atoms with E-state index in [9.17, 15) is 8.42 Å². The molecular formula is C12H17N5O2S. The van der Waals surface area contributed by atoms with E-state index in [2.05, 4.69) is 20.4 Å². The molecule has 1 aliphatic rings. The highest BCUT2D eigenvalue weighted by Crippen LogP contribution is 2.25. The SMILES string of the molecule is O=S(=O)(c1cn[nH]c1)N1CCCC(Cc2ccn[nH]2)C1. The van der Waals surface area contributed by atoms with E-state index in [0.717, 1.165) is 25.0 Å². The van der Waals surface area contributed by atoms with Gasteiger partial charge in [-0.1, -0.05) is 0 Å². The minimum Gasteiger partial charge on any atom is -0.284 e. The summed E-state index contributed by atoms with van der Waals surface area (Å²) < 4.78 is 26.4. The Morgan fingerprint density at radius 2 is 2.30 bits per heavy atom. The van der Waals surface area contributed by atoms with Gasteiger partial charge in [-0.2, -0.15) is 14.5 Å². The van der Waals surface area contributed by atoms with Gasteiger partial charge in [-0.3, -0.25) is 10.2 Å². The van der Waals surface area contributed by atoms with E-state index in [1.165, 1.54) is 12.4 Å². The highest BCUT2D eigenvalue weighted by atomic mass is 32.2. The molecule has 0 saturated carbocycles. The van der Waals surface area contributed by atoms with Crippen LogP contribution in [0.2, 0.25) is 0 Å². The first-order chi connectivity index (χ1) is 9.66. The minimum absolute atomic E-state index is 0.236. The molecule has 1 aliphatic heterocycles. The average Bonchev–Trinajstić information content (AvgIpc) is 3.12. The van der Waals surface area contributed by atoms with Crippen molar-refractivity contribution in [3.8, 4) is 0 Å².